The molecule has 0 spiro atoms. The Bertz CT molecular complexity index is 806. The molecule has 0 saturated heterocycles. The zero-order chi connectivity index (χ0) is 32.7. The van der Waals surface area contributed by atoms with Crippen LogP contribution in [0.15, 0.2) is 36.5 Å². The van der Waals surface area contributed by atoms with Gasteiger partial charge in [0.05, 0.1) is 37.9 Å². The highest BCUT2D eigenvalue weighted by Crippen LogP contribution is 2.43. The van der Waals surface area contributed by atoms with Crippen LogP contribution in [0.3, 0.4) is 0 Å². The van der Waals surface area contributed by atoms with Gasteiger partial charge in [-0.3, -0.25) is 13.8 Å². The maximum absolute atomic E-state index is 12.7. The Morgan fingerprint density at radius 3 is 1.86 bits per heavy atom. The van der Waals surface area contributed by atoms with Gasteiger partial charge < -0.3 is 26.2 Å². The van der Waals surface area contributed by atoms with Crippen LogP contribution in [-0.4, -0.2) is 59.0 Å². The van der Waals surface area contributed by atoms with E-state index < -0.39 is 38.6 Å². The topological polar surface area (TPSA) is 151 Å². The fourth-order valence-corrected chi connectivity index (χ4v) is 5.36. The minimum atomic E-state index is -4.40. The van der Waals surface area contributed by atoms with Crippen molar-refractivity contribution in [2.75, 3.05) is 19.8 Å². The van der Waals surface area contributed by atoms with Crippen molar-refractivity contribution in [3.8, 4) is 0 Å². The number of amides is 1. The van der Waals surface area contributed by atoms with Crippen LogP contribution in [0.25, 0.3) is 0 Å². The van der Waals surface area contributed by atoms with Gasteiger partial charge >= 0.3 is 7.82 Å². The highest BCUT2D eigenvalue weighted by molar-refractivity contribution is 7.47. The first-order valence-corrected chi connectivity index (χ1v) is 18.7. The van der Waals surface area contributed by atoms with Gasteiger partial charge in [-0.2, -0.15) is 0 Å². The number of phosphoric ester groups is 1. The second kappa shape index (κ2) is 30.3. The molecule has 0 heterocycles. The van der Waals surface area contributed by atoms with Gasteiger partial charge in [-0.05, 0) is 38.5 Å². The molecule has 0 fully saturated rings. The quantitative estimate of drug-likeness (QED) is 0.0297. The second-order valence-electron chi connectivity index (χ2n) is 11.5. The maximum atomic E-state index is 12.7. The normalized spacial score (nSPS) is 15.7. The fourth-order valence-electron chi connectivity index (χ4n) is 4.60. The Balaban J connectivity index is 4.61. The lowest BCUT2D eigenvalue weighted by Crippen LogP contribution is -2.46. The lowest BCUT2D eigenvalue weighted by Gasteiger charge is -2.24. The molecular weight excluding hydrogens is 579 g/mol. The van der Waals surface area contributed by atoms with Gasteiger partial charge in [0, 0.05) is 6.54 Å². The molecular formula is C34H65N2O7P. The van der Waals surface area contributed by atoms with Crippen LogP contribution in [0.5, 0.6) is 0 Å². The molecule has 4 atom stereocenters. The van der Waals surface area contributed by atoms with Crippen LogP contribution in [0.2, 0.25) is 0 Å². The number of unbranched alkanes of at least 4 members (excludes halogenated alkanes) is 13. The van der Waals surface area contributed by atoms with Gasteiger partial charge in [0.1, 0.15) is 0 Å². The van der Waals surface area contributed by atoms with Crippen LogP contribution in [0.1, 0.15) is 136 Å². The summed E-state index contributed by atoms with van der Waals surface area (Å²) in [4.78, 5) is 22.5. The van der Waals surface area contributed by atoms with Crippen molar-refractivity contribution in [3.05, 3.63) is 36.5 Å². The van der Waals surface area contributed by atoms with Crippen molar-refractivity contribution in [2.24, 2.45) is 5.73 Å². The average Bonchev–Trinajstić information content (AvgIpc) is 2.99. The Morgan fingerprint density at radius 1 is 0.773 bits per heavy atom. The van der Waals surface area contributed by atoms with E-state index in [0.29, 0.717) is 12.8 Å². The van der Waals surface area contributed by atoms with Crippen LogP contribution >= 0.6 is 7.82 Å². The molecule has 0 aromatic rings. The van der Waals surface area contributed by atoms with Crippen molar-refractivity contribution >= 4 is 13.7 Å². The third-order valence-corrected chi connectivity index (χ3v) is 8.24. The van der Waals surface area contributed by atoms with E-state index in [-0.39, 0.29) is 19.6 Å². The number of aliphatic hydroxyl groups excluding tert-OH is 2. The highest BCUT2D eigenvalue weighted by Gasteiger charge is 2.27. The van der Waals surface area contributed by atoms with Crippen LogP contribution in [-0.2, 0) is 18.4 Å². The van der Waals surface area contributed by atoms with Crippen molar-refractivity contribution < 1.29 is 33.5 Å². The minimum absolute atomic E-state index is 0.0421. The predicted molar refractivity (Wildman–Crippen MR) is 181 cm³/mol. The van der Waals surface area contributed by atoms with Crippen molar-refractivity contribution in [1.82, 2.24) is 5.32 Å². The molecule has 0 aliphatic heterocycles. The number of hydrogen-bond acceptors (Lipinski definition) is 7. The molecule has 258 valence electrons. The number of carbonyl (C=O) groups excluding carboxylic acids is 1. The highest BCUT2D eigenvalue weighted by atomic mass is 31.2. The van der Waals surface area contributed by atoms with Crippen LogP contribution in [0, 0.1) is 0 Å². The van der Waals surface area contributed by atoms with Crippen molar-refractivity contribution in [2.45, 2.75) is 154 Å². The van der Waals surface area contributed by atoms with Crippen molar-refractivity contribution in [3.63, 3.8) is 0 Å². The molecule has 0 aliphatic rings. The zero-order valence-corrected chi connectivity index (χ0v) is 28.6. The minimum Gasteiger partial charge on any atom is -0.393 e. The van der Waals surface area contributed by atoms with Gasteiger partial charge in [0.25, 0.3) is 0 Å². The molecule has 0 aromatic carbocycles. The molecule has 0 saturated carbocycles. The van der Waals surface area contributed by atoms with Gasteiger partial charge in [0.2, 0.25) is 5.91 Å². The van der Waals surface area contributed by atoms with E-state index in [2.05, 4.69) is 43.5 Å². The number of allylic oxidation sites excluding steroid dienone is 5. The summed E-state index contributed by atoms with van der Waals surface area (Å²) in [7, 11) is -4.40. The molecule has 9 nitrogen and oxygen atoms in total. The number of aliphatic hydroxyl groups is 2. The molecule has 0 rings (SSSR count). The predicted octanol–water partition coefficient (Wildman–Crippen LogP) is 7.41. The number of nitrogens with one attached hydrogen (secondary N) is 1. The maximum Gasteiger partial charge on any atom is 0.472 e. The third kappa shape index (κ3) is 28.2. The van der Waals surface area contributed by atoms with Gasteiger partial charge in [-0.1, -0.05) is 127 Å². The van der Waals surface area contributed by atoms with Gasteiger partial charge in [-0.15, -0.1) is 0 Å². The first kappa shape index (κ1) is 42.7. The summed E-state index contributed by atoms with van der Waals surface area (Å²) in [5.74, 6) is -0.465. The number of carbonyl (C=O) groups is 1. The number of phosphoric acid groups is 1. The van der Waals surface area contributed by atoms with E-state index in [4.69, 9.17) is 14.8 Å². The van der Waals surface area contributed by atoms with Gasteiger partial charge in [0.15, 0.2) is 0 Å². The Morgan fingerprint density at radius 2 is 1.30 bits per heavy atom. The molecule has 0 radical (unpaired) electrons. The van der Waals surface area contributed by atoms with E-state index >= 15 is 0 Å². The standard InChI is InChI=1S/C34H65N2O7P/c1-3-5-7-9-11-13-15-16-18-20-22-24-26-33(38)32(30-43-44(40,41)42-28-27-35)36-34(39)29-31(37)25-23-21-19-17-14-12-10-8-6-4-2/h9,11,16,18,24,26,31-33,37-38H,3-8,10,12-15,17,19-23,25,27-30,35H2,1-2H3,(H,36,39)(H,40,41)/b11-9+,18-16+,26-24+. The summed E-state index contributed by atoms with van der Waals surface area (Å²) in [6, 6.07) is -1.000. The Kier molecular flexibility index (Phi) is 29.4. The van der Waals surface area contributed by atoms with Crippen LogP contribution < -0.4 is 11.1 Å². The van der Waals surface area contributed by atoms with Crippen molar-refractivity contribution in [1.29, 1.82) is 0 Å². The second-order valence-corrected chi connectivity index (χ2v) is 13.0. The molecule has 0 aromatic heterocycles. The monoisotopic (exact) mass is 644 g/mol. The summed E-state index contributed by atoms with van der Waals surface area (Å²) in [5, 5.41) is 23.8. The van der Waals surface area contributed by atoms with E-state index in [9.17, 15) is 24.5 Å². The SMILES string of the molecule is CCCC/C=C/CC/C=C/CC/C=C/C(O)C(COP(=O)(O)OCCN)NC(=O)CC(O)CCCCCCCCCCCC. The number of hydrogen-bond donors (Lipinski definition) is 5. The molecule has 44 heavy (non-hydrogen) atoms. The van der Waals surface area contributed by atoms with Crippen LogP contribution in [0.4, 0.5) is 0 Å². The van der Waals surface area contributed by atoms with E-state index in [0.717, 1.165) is 44.9 Å². The fraction of sp³-hybridized carbons (Fsp3) is 0.794. The zero-order valence-electron chi connectivity index (χ0n) is 27.8. The molecule has 6 N–H and O–H groups in total. The summed E-state index contributed by atoms with van der Waals surface area (Å²) < 4.78 is 21.9. The smallest absolute Gasteiger partial charge is 0.393 e. The van der Waals surface area contributed by atoms with E-state index in [1.807, 2.05) is 6.08 Å². The summed E-state index contributed by atoms with van der Waals surface area (Å²) >= 11 is 0. The largest absolute Gasteiger partial charge is 0.472 e. The Labute approximate surface area is 268 Å². The first-order chi connectivity index (χ1) is 21.3. The molecule has 4 unspecified atom stereocenters. The molecule has 0 bridgehead atoms. The lowest BCUT2D eigenvalue weighted by molar-refractivity contribution is -0.124. The molecule has 1 amide bonds. The Hall–Kier alpha value is -1.32. The first-order valence-electron chi connectivity index (χ1n) is 17.2. The number of nitrogens with two attached hydrogens (primary N) is 1. The van der Waals surface area contributed by atoms with Gasteiger partial charge in [-0.25, -0.2) is 4.57 Å². The summed E-state index contributed by atoms with van der Waals surface area (Å²) in [6.45, 7) is 3.84. The van der Waals surface area contributed by atoms with E-state index in [1.165, 1.54) is 57.8 Å². The molecule has 0 aliphatic carbocycles. The summed E-state index contributed by atoms with van der Waals surface area (Å²) in [6.07, 6.45) is 29.5. The van der Waals surface area contributed by atoms with E-state index in [1.54, 1.807) is 6.08 Å². The third-order valence-electron chi connectivity index (χ3n) is 7.25. The lowest BCUT2D eigenvalue weighted by atomic mass is 10.0. The number of rotatable bonds is 31. The summed E-state index contributed by atoms with van der Waals surface area (Å²) in [5.41, 5.74) is 5.32. The average molecular weight is 645 g/mol. The molecule has 10 heteroatoms.